The molecule has 3 nitrogen and oxygen atoms in total. The van der Waals surface area contributed by atoms with Crippen LogP contribution >= 0.6 is 0 Å². The maximum Gasteiger partial charge on any atom is 0.226 e. The molecule has 0 aromatic carbocycles. The van der Waals surface area contributed by atoms with Crippen LogP contribution < -0.4 is 5.32 Å². The number of piperazine rings is 1. The Labute approximate surface area is 99.6 Å². The first-order chi connectivity index (χ1) is 7.61. The summed E-state index contributed by atoms with van der Waals surface area (Å²) in [5.74, 6) is 1.12. The molecule has 94 valence electrons. The Hall–Kier alpha value is -0.570. The van der Waals surface area contributed by atoms with E-state index in [-0.39, 0.29) is 5.92 Å². The Morgan fingerprint density at radius 1 is 1.38 bits per heavy atom. The third-order valence-electron chi connectivity index (χ3n) is 3.67. The molecule has 1 heterocycles. The van der Waals surface area contributed by atoms with Crippen LogP contribution in [0.2, 0.25) is 0 Å². The Kier molecular flexibility index (Phi) is 5.26. The van der Waals surface area contributed by atoms with Gasteiger partial charge in [0.25, 0.3) is 0 Å². The number of carbonyl (C=O) groups is 1. The lowest BCUT2D eigenvalue weighted by Gasteiger charge is -2.40. The molecule has 1 aliphatic heterocycles. The molecule has 0 bridgehead atoms. The predicted molar refractivity (Wildman–Crippen MR) is 67.3 cm³/mol. The molecule has 1 saturated heterocycles. The van der Waals surface area contributed by atoms with Gasteiger partial charge in [0.1, 0.15) is 0 Å². The van der Waals surface area contributed by atoms with E-state index in [9.17, 15) is 4.79 Å². The van der Waals surface area contributed by atoms with Gasteiger partial charge in [-0.25, -0.2) is 0 Å². The second-order valence-electron chi connectivity index (χ2n) is 5.06. The monoisotopic (exact) mass is 226 g/mol. The van der Waals surface area contributed by atoms with Crippen LogP contribution in [0.3, 0.4) is 0 Å². The van der Waals surface area contributed by atoms with Crippen molar-refractivity contribution in [3.05, 3.63) is 0 Å². The van der Waals surface area contributed by atoms with Gasteiger partial charge in [-0.05, 0) is 18.8 Å². The smallest absolute Gasteiger partial charge is 0.226 e. The third-order valence-corrected chi connectivity index (χ3v) is 3.67. The zero-order valence-corrected chi connectivity index (χ0v) is 11.1. The molecule has 1 fully saturated rings. The van der Waals surface area contributed by atoms with Crippen molar-refractivity contribution in [1.82, 2.24) is 10.2 Å². The molecule has 3 heteroatoms. The largest absolute Gasteiger partial charge is 0.337 e. The number of amides is 1. The Balaban J connectivity index is 2.70. The average Bonchev–Trinajstić information content (AvgIpc) is 2.30. The van der Waals surface area contributed by atoms with E-state index in [1.54, 1.807) is 0 Å². The second kappa shape index (κ2) is 6.24. The highest BCUT2D eigenvalue weighted by atomic mass is 16.2. The molecule has 0 radical (unpaired) electrons. The Morgan fingerprint density at radius 2 is 2.00 bits per heavy atom. The van der Waals surface area contributed by atoms with Gasteiger partial charge in [-0.15, -0.1) is 0 Å². The zero-order chi connectivity index (χ0) is 12.1. The van der Waals surface area contributed by atoms with Crippen molar-refractivity contribution in [2.45, 2.75) is 46.6 Å². The van der Waals surface area contributed by atoms with E-state index >= 15 is 0 Å². The van der Waals surface area contributed by atoms with Crippen molar-refractivity contribution in [2.75, 3.05) is 19.6 Å². The highest BCUT2D eigenvalue weighted by Gasteiger charge is 2.31. The van der Waals surface area contributed by atoms with E-state index in [0.717, 1.165) is 32.5 Å². The molecule has 0 aromatic heterocycles. The van der Waals surface area contributed by atoms with Crippen molar-refractivity contribution >= 4 is 5.91 Å². The predicted octanol–water partition coefficient (Wildman–Crippen LogP) is 1.88. The minimum Gasteiger partial charge on any atom is -0.337 e. The van der Waals surface area contributed by atoms with E-state index in [1.807, 2.05) is 0 Å². The van der Waals surface area contributed by atoms with Crippen LogP contribution in [0, 0.1) is 11.8 Å². The molecule has 0 spiro atoms. The molecule has 1 aliphatic rings. The summed E-state index contributed by atoms with van der Waals surface area (Å²) in [5.41, 5.74) is 0. The normalized spacial score (nSPS) is 21.9. The van der Waals surface area contributed by atoms with Gasteiger partial charge in [0.05, 0.1) is 0 Å². The maximum atomic E-state index is 12.4. The SMILES string of the molecule is CCC(CC)C(=O)N1CCNCC1C(C)C. The highest BCUT2D eigenvalue weighted by Crippen LogP contribution is 2.19. The van der Waals surface area contributed by atoms with Crippen molar-refractivity contribution < 1.29 is 4.79 Å². The number of carbonyl (C=O) groups excluding carboxylic acids is 1. The Morgan fingerprint density at radius 3 is 2.50 bits per heavy atom. The number of hydrogen-bond acceptors (Lipinski definition) is 2. The van der Waals surface area contributed by atoms with Crippen molar-refractivity contribution in [3.8, 4) is 0 Å². The summed E-state index contributed by atoms with van der Waals surface area (Å²) in [6.07, 6.45) is 1.92. The quantitative estimate of drug-likeness (QED) is 0.794. The molecule has 16 heavy (non-hydrogen) atoms. The first-order valence-electron chi connectivity index (χ1n) is 6.62. The van der Waals surface area contributed by atoms with E-state index in [2.05, 4.69) is 37.9 Å². The van der Waals surface area contributed by atoms with Gasteiger partial charge in [-0.1, -0.05) is 27.7 Å². The van der Waals surface area contributed by atoms with Gasteiger partial charge in [-0.3, -0.25) is 4.79 Å². The summed E-state index contributed by atoms with van der Waals surface area (Å²) in [6.45, 7) is 11.4. The zero-order valence-electron chi connectivity index (χ0n) is 11.1. The van der Waals surface area contributed by atoms with Gasteiger partial charge in [0.15, 0.2) is 0 Å². The second-order valence-corrected chi connectivity index (χ2v) is 5.06. The van der Waals surface area contributed by atoms with Gasteiger partial charge >= 0.3 is 0 Å². The van der Waals surface area contributed by atoms with E-state index in [4.69, 9.17) is 0 Å². The first kappa shape index (κ1) is 13.5. The molecule has 1 amide bonds. The molecule has 1 rings (SSSR count). The first-order valence-corrected chi connectivity index (χ1v) is 6.62. The third kappa shape index (κ3) is 2.97. The van der Waals surface area contributed by atoms with E-state index < -0.39 is 0 Å². The van der Waals surface area contributed by atoms with Crippen LogP contribution in [0.15, 0.2) is 0 Å². The van der Waals surface area contributed by atoms with Crippen LogP contribution in [0.25, 0.3) is 0 Å². The molecule has 1 unspecified atom stereocenters. The van der Waals surface area contributed by atoms with E-state index in [1.165, 1.54) is 0 Å². The summed E-state index contributed by atoms with van der Waals surface area (Å²) in [7, 11) is 0. The number of nitrogens with zero attached hydrogens (tertiary/aromatic N) is 1. The molecule has 0 saturated carbocycles. The van der Waals surface area contributed by atoms with Crippen LogP contribution in [0.1, 0.15) is 40.5 Å². The fraction of sp³-hybridized carbons (Fsp3) is 0.923. The lowest BCUT2D eigenvalue weighted by Crippen LogP contribution is -2.57. The lowest BCUT2D eigenvalue weighted by atomic mass is 9.96. The standard InChI is InChI=1S/C13H26N2O/c1-5-11(6-2)13(16)15-8-7-14-9-12(15)10(3)4/h10-12,14H,5-9H2,1-4H3. The van der Waals surface area contributed by atoms with Crippen molar-refractivity contribution in [2.24, 2.45) is 11.8 Å². The minimum absolute atomic E-state index is 0.222. The van der Waals surface area contributed by atoms with E-state index in [0.29, 0.717) is 17.9 Å². The summed E-state index contributed by atoms with van der Waals surface area (Å²) in [5, 5.41) is 3.38. The number of rotatable bonds is 4. The highest BCUT2D eigenvalue weighted by molar-refractivity contribution is 5.79. The molecule has 1 N–H and O–H groups in total. The van der Waals surface area contributed by atoms with Crippen LogP contribution in [-0.2, 0) is 4.79 Å². The fourth-order valence-corrected chi connectivity index (χ4v) is 2.47. The van der Waals surface area contributed by atoms with Crippen LogP contribution in [0.5, 0.6) is 0 Å². The van der Waals surface area contributed by atoms with Crippen LogP contribution in [0.4, 0.5) is 0 Å². The van der Waals surface area contributed by atoms with Crippen LogP contribution in [-0.4, -0.2) is 36.5 Å². The summed E-state index contributed by atoms with van der Waals surface area (Å²) in [4.78, 5) is 14.5. The van der Waals surface area contributed by atoms with Crippen molar-refractivity contribution in [1.29, 1.82) is 0 Å². The summed E-state index contributed by atoms with van der Waals surface area (Å²) in [6, 6.07) is 0.377. The number of hydrogen-bond donors (Lipinski definition) is 1. The van der Waals surface area contributed by atoms with Gasteiger partial charge in [0, 0.05) is 31.6 Å². The molecule has 0 aromatic rings. The summed E-state index contributed by atoms with van der Waals surface area (Å²) < 4.78 is 0. The fourth-order valence-electron chi connectivity index (χ4n) is 2.47. The topological polar surface area (TPSA) is 32.3 Å². The van der Waals surface area contributed by atoms with Gasteiger partial charge in [0.2, 0.25) is 5.91 Å². The summed E-state index contributed by atoms with van der Waals surface area (Å²) >= 11 is 0. The van der Waals surface area contributed by atoms with Crippen molar-refractivity contribution in [3.63, 3.8) is 0 Å². The molecule has 0 aliphatic carbocycles. The lowest BCUT2D eigenvalue weighted by molar-refractivity contribution is -0.140. The van der Waals surface area contributed by atoms with Gasteiger partial charge in [-0.2, -0.15) is 0 Å². The molecular formula is C13H26N2O. The minimum atomic E-state index is 0.222. The average molecular weight is 226 g/mol. The molecule has 1 atom stereocenters. The molecular weight excluding hydrogens is 200 g/mol. The maximum absolute atomic E-state index is 12.4. The van der Waals surface area contributed by atoms with Gasteiger partial charge < -0.3 is 10.2 Å². The number of nitrogens with one attached hydrogen (secondary N) is 1. The Bertz CT molecular complexity index is 224.